The molecule has 0 saturated carbocycles. The molecule has 0 aliphatic rings. The van der Waals surface area contributed by atoms with Crippen LogP contribution in [-0.4, -0.2) is 29.3 Å². The molecule has 2 aromatic rings. The van der Waals surface area contributed by atoms with E-state index in [-0.39, 0.29) is 5.91 Å². The number of nitrogens with zero attached hydrogens (tertiary/aromatic N) is 2. The number of halogens is 1. The highest BCUT2D eigenvalue weighted by atomic mass is 79.9. The Balaban J connectivity index is 1.93. The lowest BCUT2D eigenvalue weighted by Crippen LogP contribution is -2.25. The van der Waals surface area contributed by atoms with E-state index in [1.54, 1.807) is 31.2 Å². The van der Waals surface area contributed by atoms with E-state index >= 15 is 0 Å². The summed E-state index contributed by atoms with van der Waals surface area (Å²) in [5.74, 6) is 0.690. The lowest BCUT2D eigenvalue weighted by molar-refractivity contribution is 0.0954. The van der Waals surface area contributed by atoms with Crippen LogP contribution in [0.15, 0.2) is 35.1 Å². The van der Waals surface area contributed by atoms with Crippen molar-refractivity contribution in [3.05, 3.63) is 46.2 Å². The molecule has 0 atom stereocenters. The largest absolute Gasteiger partial charge is 0.495 e. The molecule has 0 saturated heterocycles. The minimum atomic E-state index is -0.118. The van der Waals surface area contributed by atoms with Gasteiger partial charge in [0.15, 0.2) is 0 Å². The van der Waals surface area contributed by atoms with Crippen molar-refractivity contribution in [2.45, 2.75) is 6.42 Å². The average molecular weight is 338 g/mol. The molecule has 0 spiro atoms. The van der Waals surface area contributed by atoms with Crippen molar-refractivity contribution in [1.82, 2.24) is 15.1 Å². The van der Waals surface area contributed by atoms with Crippen LogP contribution in [0.1, 0.15) is 15.9 Å². The van der Waals surface area contributed by atoms with E-state index in [1.807, 2.05) is 18.2 Å². The molecular formula is C14H16BrN3O2. The zero-order valence-corrected chi connectivity index (χ0v) is 13.0. The lowest BCUT2D eigenvalue weighted by Gasteiger charge is -2.10. The molecule has 106 valence electrons. The number of hydrogen-bond acceptors (Lipinski definition) is 3. The van der Waals surface area contributed by atoms with Crippen molar-refractivity contribution in [3.63, 3.8) is 0 Å². The van der Waals surface area contributed by atoms with Gasteiger partial charge in [-0.3, -0.25) is 9.48 Å². The molecular weight excluding hydrogens is 322 g/mol. The fourth-order valence-electron chi connectivity index (χ4n) is 1.93. The summed E-state index contributed by atoms with van der Waals surface area (Å²) in [4.78, 5) is 11.9. The van der Waals surface area contributed by atoms with E-state index in [4.69, 9.17) is 4.74 Å². The van der Waals surface area contributed by atoms with Crippen LogP contribution in [0.5, 0.6) is 5.75 Å². The van der Waals surface area contributed by atoms with Gasteiger partial charge in [0.05, 0.1) is 23.3 Å². The monoisotopic (exact) mass is 337 g/mol. The van der Waals surface area contributed by atoms with Crippen LogP contribution < -0.4 is 10.1 Å². The van der Waals surface area contributed by atoms with E-state index in [0.29, 0.717) is 18.5 Å². The van der Waals surface area contributed by atoms with Crippen molar-refractivity contribution in [1.29, 1.82) is 0 Å². The first-order valence-electron chi connectivity index (χ1n) is 6.20. The molecule has 2 rings (SSSR count). The summed E-state index contributed by atoms with van der Waals surface area (Å²) in [5, 5.41) is 6.84. The summed E-state index contributed by atoms with van der Waals surface area (Å²) in [6, 6.07) is 5.86. The third-order valence-electron chi connectivity index (χ3n) is 2.90. The summed E-state index contributed by atoms with van der Waals surface area (Å²) in [7, 11) is 3.42. The fourth-order valence-corrected chi connectivity index (χ4v) is 2.50. The molecule has 0 aliphatic heterocycles. The predicted octanol–water partition coefficient (Wildman–Crippen LogP) is 2.16. The smallest absolute Gasteiger partial charge is 0.254 e. The topological polar surface area (TPSA) is 56.1 Å². The summed E-state index contributed by atoms with van der Waals surface area (Å²) >= 11 is 3.44. The van der Waals surface area contributed by atoms with Crippen molar-refractivity contribution in [3.8, 4) is 5.75 Å². The molecule has 1 amide bonds. The number of nitrogens with one attached hydrogen (secondary N) is 1. The Labute approximate surface area is 126 Å². The third-order valence-corrected chi connectivity index (χ3v) is 3.52. The van der Waals surface area contributed by atoms with Crippen molar-refractivity contribution in [2.24, 2.45) is 7.05 Å². The van der Waals surface area contributed by atoms with E-state index in [0.717, 1.165) is 15.8 Å². The van der Waals surface area contributed by atoms with E-state index in [9.17, 15) is 4.79 Å². The van der Waals surface area contributed by atoms with Crippen LogP contribution in [0.2, 0.25) is 0 Å². The number of ether oxygens (including phenoxy) is 1. The first-order chi connectivity index (χ1) is 9.61. The number of amides is 1. The second-order valence-electron chi connectivity index (χ2n) is 4.34. The number of hydrogen-bond donors (Lipinski definition) is 1. The number of benzene rings is 1. The Bertz CT molecular complexity index is 610. The Morgan fingerprint density at radius 3 is 2.95 bits per heavy atom. The molecule has 0 bridgehead atoms. The van der Waals surface area contributed by atoms with Crippen LogP contribution in [0.25, 0.3) is 0 Å². The molecule has 0 radical (unpaired) electrons. The maximum Gasteiger partial charge on any atom is 0.254 e. The van der Waals surface area contributed by atoms with Crippen molar-refractivity contribution in [2.75, 3.05) is 13.7 Å². The van der Waals surface area contributed by atoms with Gasteiger partial charge < -0.3 is 10.1 Å². The second kappa shape index (κ2) is 6.56. The summed E-state index contributed by atoms with van der Waals surface area (Å²) in [6.45, 7) is 0.542. The third kappa shape index (κ3) is 3.39. The number of aryl methyl sites for hydroxylation is 1. The SMILES string of the molecule is COc1c(Br)cccc1CCNC(=O)c1cnn(C)c1. The Hall–Kier alpha value is -1.82. The van der Waals surface area contributed by atoms with Crippen molar-refractivity contribution >= 4 is 21.8 Å². The fraction of sp³-hybridized carbons (Fsp3) is 0.286. The summed E-state index contributed by atoms with van der Waals surface area (Å²) in [6.07, 6.45) is 3.94. The first-order valence-corrected chi connectivity index (χ1v) is 6.99. The molecule has 0 fully saturated rings. The average Bonchev–Trinajstić information content (AvgIpc) is 2.85. The van der Waals surface area contributed by atoms with Gasteiger partial charge in [0.1, 0.15) is 5.75 Å². The molecule has 1 N–H and O–H groups in total. The van der Waals surface area contributed by atoms with Crippen LogP contribution in [0.4, 0.5) is 0 Å². The van der Waals surface area contributed by atoms with Crippen molar-refractivity contribution < 1.29 is 9.53 Å². The highest BCUT2D eigenvalue weighted by Crippen LogP contribution is 2.28. The molecule has 6 heteroatoms. The normalized spacial score (nSPS) is 10.3. The van der Waals surface area contributed by atoms with Gasteiger partial charge in [-0.2, -0.15) is 5.10 Å². The molecule has 0 aliphatic carbocycles. The minimum absolute atomic E-state index is 0.118. The highest BCUT2D eigenvalue weighted by Gasteiger charge is 2.09. The van der Waals surface area contributed by atoms with Gasteiger partial charge in [-0.15, -0.1) is 0 Å². The standard InChI is InChI=1S/C14H16BrN3O2/c1-18-9-11(8-17-18)14(19)16-7-6-10-4-3-5-12(15)13(10)20-2/h3-5,8-9H,6-7H2,1-2H3,(H,16,19). The van der Waals surface area contributed by atoms with Gasteiger partial charge in [-0.05, 0) is 34.0 Å². The van der Waals surface area contributed by atoms with Gasteiger partial charge in [-0.25, -0.2) is 0 Å². The van der Waals surface area contributed by atoms with Crippen LogP contribution in [0, 0.1) is 0 Å². The molecule has 1 aromatic carbocycles. The predicted molar refractivity (Wildman–Crippen MR) is 79.9 cm³/mol. The van der Waals surface area contributed by atoms with E-state index in [1.165, 1.54) is 0 Å². The minimum Gasteiger partial charge on any atom is -0.495 e. The molecule has 1 aromatic heterocycles. The number of methoxy groups -OCH3 is 1. The Kier molecular flexibility index (Phi) is 4.79. The van der Waals surface area contributed by atoms with Gasteiger partial charge >= 0.3 is 0 Å². The highest BCUT2D eigenvalue weighted by molar-refractivity contribution is 9.10. The maximum absolute atomic E-state index is 11.9. The summed E-state index contributed by atoms with van der Waals surface area (Å²) < 4.78 is 7.87. The van der Waals surface area contributed by atoms with Crippen LogP contribution >= 0.6 is 15.9 Å². The second-order valence-corrected chi connectivity index (χ2v) is 5.20. The van der Waals surface area contributed by atoms with E-state index < -0.39 is 0 Å². The lowest BCUT2D eigenvalue weighted by atomic mass is 10.1. The zero-order chi connectivity index (χ0) is 14.5. The molecule has 1 heterocycles. The number of carbonyl (C=O) groups is 1. The number of aromatic nitrogens is 2. The molecule has 20 heavy (non-hydrogen) atoms. The van der Waals surface area contributed by atoms with Gasteiger partial charge in [0.25, 0.3) is 5.91 Å². The zero-order valence-electron chi connectivity index (χ0n) is 11.4. The van der Waals surface area contributed by atoms with Crippen LogP contribution in [0.3, 0.4) is 0 Å². The Morgan fingerprint density at radius 2 is 2.30 bits per heavy atom. The molecule has 5 nitrogen and oxygen atoms in total. The van der Waals surface area contributed by atoms with Gasteiger partial charge in [0.2, 0.25) is 0 Å². The molecule has 0 unspecified atom stereocenters. The van der Waals surface area contributed by atoms with Gasteiger partial charge in [-0.1, -0.05) is 12.1 Å². The number of para-hydroxylation sites is 1. The number of carbonyl (C=O) groups excluding carboxylic acids is 1. The summed E-state index contributed by atoms with van der Waals surface area (Å²) in [5.41, 5.74) is 1.61. The number of rotatable bonds is 5. The van der Waals surface area contributed by atoms with Crippen LogP contribution in [-0.2, 0) is 13.5 Å². The Morgan fingerprint density at radius 1 is 1.50 bits per heavy atom. The quantitative estimate of drug-likeness (QED) is 0.909. The van der Waals surface area contributed by atoms with E-state index in [2.05, 4.69) is 26.3 Å². The maximum atomic E-state index is 11.9. The van der Waals surface area contributed by atoms with Gasteiger partial charge in [0, 0.05) is 19.8 Å². The first kappa shape index (κ1) is 14.6.